The number of rotatable bonds is 9. The van der Waals surface area contributed by atoms with E-state index in [1.165, 1.54) is 12.8 Å². The molecule has 0 aliphatic carbocycles. The third-order valence-electron chi connectivity index (χ3n) is 2.41. The van der Waals surface area contributed by atoms with Crippen molar-refractivity contribution in [3.8, 4) is 0 Å². The van der Waals surface area contributed by atoms with Gasteiger partial charge in [0.05, 0.1) is 22.0 Å². The highest BCUT2D eigenvalue weighted by molar-refractivity contribution is 8.10. The standard InChI is InChI=1S/C10H24O4S/c1-2-3-4-5-6-7-9-15(12,13,14)10-8-11/h11H,2-10H2,1H3,(H2,12,13,14). The van der Waals surface area contributed by atoms with Crippen molar-refractivity contribution in [2.45, 2.75) is 45.4 Å². The first kappa shape index (κ1) is 15.0. The van der Waals surface area contributed by atoms with Crippen molar-refractivity contribution in [3.05, 3.63) is 0 Å². The molecule has 3 N–H and O–H groups in total. The van der Waals surface area contributed by atoms with E-state index in [1.54, 1.807) is 0 Å². The molecule has 0 rings (SSSR count). The summed E-state index contributed by atoms with van der Waals surface area (Å²) in [6.07, 6.45) is 5.94. The van der Waals surface area contributed by atoms with E-state index in [1.807, 2.05) is 0 Å². The average molecular weight is 240 g/mol. The molecular formula is C10H24O4S. The molecule has 0 fully saturated rings. The third-order valence-corrected chi connectivity index (χ3v) is 4.52. The molecule has 94 valence electrons. The maximum atomic E-state index is 11.4. The zero-order chi connectivity index (χ0) is 11.8. The van der Waals surface area contributed by atoms with E-state index in [-0.39, 0.29) is 5.75 Å². The fourth-order valence-corrected chi connectivity index (χ4v) is 2.81. The smallest absolute Gasteiger partial charge is 0.0848 e. The molecule has 0 amide bonds. The van der Waals surface area contributed by atoms with Gasteiger partial charge >= 0.3 is 0 Å². The second-order valence-corrected chi connectivity index (χ2v) is 7.28. The minimum absolute atomic E-state index is 0.107. The Morgan fingerprint density at radius 3 is 2.00 bits per heavy atom. The lowest BCUT2D eigenvalue weighted by atomic mass is 10.1. The molecule has 0 radical (unpaired) electrons. The lowest BCUT2D eigenvalue weighted by Gasteiger charge is -2.29. The van der Waals surface area contributed by atoms with E-state index in [0.29, 0.717) is 6.42 Å². The molecule has 0 aromatic rings. The Morgan fingerprint density at radius 2 is 1.47 bits per heavy atom. The van der Waals surface area contributed by atoms with Crippen LogP contribution in [0.1, 0.15) is 45.4 Å². The van der Waals surface area contributed by atoms with Crippen molar-refractivity contribution in [1.29, 1.82) is 0 Å². The summed E-state index contributed by atoms with van der Waals surface area (Å²) in [6.45, 7) is 1.68. The highest BCUT2D eigenvalue weighted by atomic mass is 32.3. The molecule has 5 heteroatoms. The zero-order valence-electron chi connectivity index (χ0n) is 9.52. The van der Waals surface area contributed by atoms with Crippen molar-refractivity contribution in [1.82, 2.24) is 0 Å². The van der Waals surface area contributed by atoms with Crippen LogP contribution in [0.15, 0.2) is 0 Å². The average Bonchev–Trinajstić information content (AvgIpc) is 2.10. The van der Waals surface area contributed by atoms with E-state index in [2.05, 4.69) is 6.92 Å². The van der Waals surface area contributed by atoms with Crippen LogP contribution in [-0.4, -0.2) is 36.5 Å². The maximum Gasteiger partial charge on any atom is 0.0848 e. The van der Waals surface area contributed by atoms with E-state index in [9.17, 15) is 13.3 Å². The summed E-state index contributed by atoms with van der Waals surface area (Å²) in [5.74, 6) is -0.532. The highest BCUT2D eigenvalue weighted by Gasteiger charge is 2.28. The van der Waals surface area contributed by atoms with Gasteiger partial charge in [-0.25, -0.2) is 4.21 Å². The van der Waals surface area contributed by atoms with E-state index >= 15 is 0 Å². The molecule has 0 saturated carbocycles. The fraction of sp³-hybridized carbons (Fsp3) is 1.00. The van der Waals surface area contributed by atoms with E-state index in [4.69, 9.17) is 5.11 Å². The Morgan fingerprint density at radius 1 is 0.933 bits per heavy atom. The maximum absolute atomic E-state index is 11.4. The molecule has 0 aliphatic heterocycles. The molecule has 0 unspecified atom stereocenters. The second-order valence-electron chi connectivity index (χ2n) is 4.09. The summed E-state index contributed by atoms with van der Waals surface area (Å²) in [5, 5.41) is 8.55. The summed E-state index contributed by atoms with van der Waals surface area (Å²) in [6, 6.07) is 0. The van der Waals surface area contributed by atoms with Crippen molar-refractivity contribution in [2.24, 2.45) is 0 Å². The first-order chi connectivity index (χ1) is 6.89. The van der Waals surface area contributed by atoms with Crippen LogP contribution in [-0.2, 0) is 9.63 Å². The Hall–Kier alpha value is 0.0300. The van der Waals surface area contributed by atoms with Crippen molar-refractivity contribution in [2.75, 3.05) is 18.1 Å². The van der Waals surface area contributed by atoms with Gasteiger partial charge < -0.3 is 14.2 Å². The third kappa shape index (κ3) is 8.99. The van der Waals surface area contributed by atoms with Crippen molar-refractivity contribution in [3.63, 3.8) is 0 Å². The lowest BCUT2D eigenvalue weighted by Crippen LogP contribution is -2.40. The molecule has 0 aliphatic rings. The van der Waals surface area contributed by atoms with E-state index in [0.717, 1.165) is 19.3 Å². The van der Waals surface area contributed by atoms with Crippen LogP contribution in [0, 0.1) is 0 Å². The summed E-state index contributed by atoms with van der Waals surface area (Å²) in [5.41, 5.74) is 0. The van der Waals surface area contributed by atoms with Crippen LogP contribution in [0.2, 0.25) is 0 Å². The van der Waals surface area contributed by atoms with Crippen molar-refractivity contribution >= 4 is 9.63 Å². The molecule has 0 aromatic heterocycles. The van der Waals surface area contributed by atoms with Gasteiger partial charge in [-0.2, -0.15) is 0 Å². The largest absolute Gasteiger partial charge is 0.395 e. The minimum Gasteiger partial charge on any atom is -0.395 e. The topological polar surface area (TPSA) is 77.8 Å². The van der Waals surface area contributed by atoms with Gasteiger partial charge in [0, 0.05) is 5.75 Å². The summed E-state index contributed by atoms with van der Waals surface area (Å²) < 4.78 is 30.1. The Labute approximate surface area is 92.1 Å². The Balaban J connectivity index is 3.61. The summed E-state index contributed by atoms with van der Waals surface area (Å²) in [7, 11) is -4.49. The van der Waals surface area contributed by atoms with Gasteiger partial charge in [-0.3, -0.25) is 0 Å². The molecule has 0 spiro atoms. The molecule has 0 saturated heterocycles. The van der Waals surface area contributed by atoms with Crippen LogP contribution in [0.25, 0.3) is 0 Å². The van der Waals surface area contributed by atoms with Gasteiger partial charge in [-0.05, 0) is 6.42 Å². The predicted octanol–water partition coefficient (Wildman–Crippen LogP) is 2.11. The Bertz CT molecular complexity index is 221. The number of hydrogen-bond donors (Lipinski definition) is 3. The molecule has 0 aromatic carbocycles. The first-order valence-corrected chi connectivity index (χ1v) is 7.85. The molecule has 15 heavy (non-hydrogen) atoms. The lowest BCUT2D eigenvalue weighted by molar-refractivity contribution is 0.302. The van der Waals surface area contributed by atoms with Crippen LogP contribution >= 0.6 is 0 Å². The zero-order valence-corrected chi connectivity index (χ0v) is 10.3. The van der Waals surface area contributed by atoms with Gasteiger partial charge in [-0.1, -0.05) is 39.0 Å². The predicted molar refractivity (Wildman–Crippen MR) is 63.6 cm³/mol. The summed E-state index contributed by atoms with van der Waals surface area (Å²) >= 11 is 0. The van der Waals surface area contributed by atoms with Gasteiger partial charge in [0.15, 0.2) is 0 Å². The molecule has 0 atom stereocenters. The molecule has 0 bridgehead atoms. The molecular weight excluding hydrogens is 216 g/mol. The molecule has 0 heterocycles. The number of aliphatic hydroxyl groups excluding tert-OH is 1. The monoisotopic (exact) mass is 240 g/mol. The van der Waals surface area contributed by atoms with Crippen molar-refractivity contribution < 1.29 is 18.4 Å². The van der Waals surface area contributed by atoms with Gasteiger partial charge in [0.2, 0.25) is 0 Å². The van der Waals surface area contributed by atoms with Crippen LogP contribution in [0.3, 0.4) is 0 Å². The second kappa shape index (κ2) is 6.58. The Kier molecular flexibility index (Phi) is 6.59. The normalized spacial score (nSPS) is 14.8. The number of unbranched alkanes of at least 4 members (excludes halogenated alkanes) is 5. The first-order valence-electron chi connectivity index (χ1n) is 5.63. The van der Waals surface area contributed by atoms with Crippen LogP contribution in [0.4, 0.5) is 0 Å². The number of aliphatic hydroxyl groups is 1. The number of hydrogen-bond acceptors (Lipinski definition) is 2. The highest BCUT2D eigenvalue weighted by Crippen LogP contribution is 2.19. The van der Waals surface area contributed by atoms with Gasteiger partial charge in [0.1, 0.15) is 0 Å². The van der Waals surface area contributed by atoms with E-state index < -0.39 is 22.0 Å². The fourth-order valence-electron chi connectivity index (χ4n) is 1.46. The summed E-state index contributed by atoms with van der Waals surface area (Å²) in [4.78, 5) is 0. The quantitative estimate of drug-likeness (QED) is 0.539. The van der Waals surface area contributed by atoms with Crippen LogP contribution < -0.4 is 0 Å². The van der Waals surface area contributed by atoms with Gasteiger partial charge in [0.25, 0.3) is 0 Å². The minimum atomic E-state index is -4.49. The SMILES string of the molecule is CCCCCCCCS(=O)(O)(O)CCO. The molecule has 4 nitrogen and oxygen atoms in total. The van der Waals surface area contributed by atoms with Gasteiger partial charge in [-0.15, -0.1) is 0 Å². The van der Waals surface area contributed by atoms with Crippen LogP contribution in [0.5, 0.6) is 0 Å².